The van der Waals surface area contributed by atoms with E-state index in [1.165, 1.54) is 17.6 Å². The van der Waals surface area contributed by atoms with Crippen LogP contribution in [0.5, 0.6) is 0 Å². The van der Waals surface area contributed by atoms with Gasteiger partial charge in [-0.15, -0.1) is 11.3 Å². The molecule has 0 radical (unpaired) electrons. The first kappa shape index (κ1) is 15.2. The Labute approximate surface area is 126 Å². The Morgan fingerprint density at radius 1 is 1.38 bits per heavy atom. The number of nitrogens with one attached hydrogen (secondary N) is 2. The van der Waals surface area contributed by atoms with Crippen molar-refractivity contribution < 1.29 is 14.0 Å². The molecule has 2 heterocycles. The Hall–Kier alpha value is -2.15. The quantitative estimate of drug-likeness (QED) is 0.888. The molecule has 21 heavy (non-hydrogen) atoms. The summed E-state index contributed by atoms with van der Waals surface area (Å²) in [5.41, 5.74) is 0. The van der Waals surface area contributed by atoms with Crippen LogP contribution in [0.4, 0.5) is 5.13 Å². The van der Waals surface area contributed by atoms with E-state index in [1.54, 1.807) is 18.3 Å². The second-order valence-electron chi connectivity index (χ2n) is 4.94. The number of hydrogen-bond acceptors (Lipinski definition) is 5. The number of aryl methyl sites for hydroxylation is 1. The summed E-state index contributed by atoms with van der Waals surface area (Å²) in [6.45, 7) is 5.63. The molecular formula is C14H17N3O3S. The third-order valence-electron chi connectivity index (χ3n) is 2.83. The fraction of sp³-hybridized carbons (Fsp3) is 0.357. The summed E-state index contributed by atoms with van der Waals surface area (Å²) < 4.78 is 5.02. The van der Waals surface area contributed by atoms with Crippen LogP contribution in [0.3, 0.4) is 0 Å². The van der Waals surface area contributed by atoms with Gasteiger partial charge in [-0.25, -0.2) is 4.98 Å². The molecule has 0 aromatic carbocycles. The van der Waals surface area contributed by atoms with Crippen LogP contribution in [0.2, 0.25) is 0 Å². The molecule has 2 aromatic heterocycles. The number of nitrogens with zero attached hydrogens (tertiary/aromatic N) is 1. The van der Waals surface area contributed by atoms with Gasteiger partial charge in [-0.05, 0) is 25.0 Å². The van der Waals surface area contributed by atoms with Crippen LogP contribution in [-0.4, -0.2) is 22.8 Å². The van der Waals surface area contributed by atoms with Gasteiger partial charge < -0.3 is 15.1 Å². The molecule has 0 aliphatic rings. The molecule has 6 nitrogen and oxygen atoms in total. The number of hydrogen-bond donors (Lipinski definition) is 2. The Morgan fingerprint density at radius 3 is 2.67 bits per heavy atom. The number of carbonyl (C=O) groups excluding carboxylic acids is 2. The molecule has 2 N–H and O–H groups in total. The van der Waals surface area contributed by atoms with Crippen molar-refractivity contribution in [2.24, 2.45) is 5.92 Å². The Balaban J connectivity index is 2.04. The third kappa shape index (κ3) is 3.91. The Morgan fingerprint density at radius 2 is 2.14 bits per heavy atom. The normalized spacial score (nSPS) is 12.2. The van der Waals surface area contributed by atoms with Crippen molar-refractivity contribution >= 4 is 28.3 Å². The van der Waals surface area contributed by atoms with Gasteiger partial charge in [-0.3, -0.25) is 9.59 Å². The van der Waals surface area contributed by atoms with Gasteiger partial charge in [0.2, 0.25) is 5.91 Å². The molecule has 0 aliphatic heterocycles. The maximum Gasteiger partial charge on any atom is 0.287 e. The van der Waals surface area contributed by atoms with Crippen molar-refractivity contribution in [3.05, 3.63) is 35.2 Å². The SMILES string of the molecule is Cc1cnc(NC(=O)[C@@H](NC(=O)c2ccco2)C(C)C)s1. The van der Waals surface area contributed by atoms with Crippen molar-refractivity contribution in [2.45, 2.75) is 26.8 Å². The highest BCUT2D eigenvalue weighted by atomic mass is 32.1. The van der Waals surface area contributed by atoms with Crippen LogP contribution < -0.4 is 10.6 Å². The van der Waals surface area contributed by atoms with Gasteiger partial charge in [-0.1, -0.05) is 13.8 Å². The summed E-state index contributed by atoms with van der Waals surface area (Å²) >= 11 is 1.39. The van der Waals surface area contributed by atoms with Crippen molar-refractivity contribution in [3.8, 4) is 0 Å². The number of anilines is 1. The lowest BCUT2D eigenvalue weighted by molar-refractivity contribution is -0.118. The van der Waals surface area contributed by atoms with Crippen LogP contribution in [-0.2, 0) is 4.79 Å². The number of furan rings is 1. The second kappa shape index (κ2) is 6.53. The molecule has 0 unspecified atom stereocenters. The van der Waals surface area contributed by atoms with E-state index < -0.39 is 11.9 Å². The van der Waals surface area contributed by atoms with Gasteiger partial charge in [0.15, 0.2) is 10.9 Å². The molecule has 1 atom stereocenters. The highest BCUT2D eigenvalue weighted by Crippen LogP contribution is 2.17. The molecule has 0 saturated heterocycles. The zero-order chi connectivity index (χ0) is 15.4. The van der Waals surface area contributed by atoms with Crippen LogP contribution in [0.15, 0.2) is 29.0 Å². The van der Waals surface area contributed by atoms with E-state index in [0.29, 0.717) is 5.13 Å². The predicted molar refractivity (Wildman–Crippen MR) is 80.3 cm³/mol. The average Bonchev–Trinajstić information content (AvgIpc) is 3.06. The number of carbonyl (C=O) groups is 2. The zero-order valence-corrected chi connectivity index (χ0v) is 12.9. The molecule has 0 saturated carbocycles. The molecule has 2 aromatic rings. The van der Waals surface area contributed by atoms with Gasteiger partial charge in [0.05, 0.1) is 6.26 Å². The first-order chi connectivity index (χ1) is 9.97. The van der Waals surface area contributed by atoms with Gasteiger partial charge in [-0.2, -0.15) is 0 Å². The molecule has 0 fully saturated rings. The highest BCUT2D eigenvalue weighted by Gasteiger charge is 2.26. The molecular weight excluding hydrogens is 290 g/mol. The topological polar surface area (TPSA) is 84.2 Å². The van der Waals surface area contributed by atoms with Gasteiger partial charge in [0.1, 0.15) is 6.04 Å². The lowest BCUT2D eigenvalue weighted by Gasteiger charge is -2.20. The first-order valence-electron chi connectivity index (χ1n) is 6.55. The highest BCUT2D eigenvalue weighted by molar-refractivity contribution is 7.15. The van der Waals surface area contributed by atoms with Gasteiger partial charge >= 0.3 is 0 Å². The van der Waals surface area contributed by atoms with E-state index in [4.69, 9.17) is 4.42 Å². The second-order valence-corrected chi connectivity index (χ2v) is 6.17. The maximum absolute atomic E-state index is 12.3. The van der Waals surface area contributed by atoms with Crippen molar-refractivity contribution in [1.29, 1.82) is 0 Å². The van der Waals surface area contributed by atoms with Crippen molar-refractivity contribution in [3.63, 3.8) is 0 Å². The molecule has 2 amide bonds. The molecule has 0 aliphatic carbocycles. The van der Waals surface area contributed by atoms with Crippen LogP contribution in [0, 0.1) is 12.8 Å². The minimum absolute atomic E-state index is 0.0648. The summed E-state index contributed by atoms with van der Waals surface area (Å²) in [7, 11) is 0. The molecule has 7 heteroatoms. The lowest BCUT2D eigenvalue weighted by Crippen LogP contribution is -2.47. The van der Waals surface area contributed by atoms with Crippen molar-refractivity contribution in [2.75, 3.05) is 5.32 Å². The van der Waals surface area contributed by atoms with E-state index in [0.717, 1.165) is 4.88 Å². The van der Waals surface area contributed by atoms with E-state index >= 15 is 0 Å². The van der Waals surface area contributed by atoms with E-state index in [1.807, 2.05) is 20.8 Å². The van der Waals surface area contributed by atoms with Crippen LogP contribution in [0.1, 0.15) is 29.3 Å². The molecule has 112 valence electrons. The summed E-state index contributed by atoms with van der Waals surface area (Å²) in [6.07, 6.45) is 3.10. The number of amides is 2. The summed E-state index contributed by atoms with van der Waals surface area (Å²) in [6, 6.07) is 2.51. The fourth-order valence-electron chi connectivity index (χ4n) is 1.75. The Kier molecular flexibility index (Phi) is 4.74. The van der Waals surface area contributed by atoms with Gasteiger partial charge in [0, 0.05) is 11.1 Å². The number of rotatable bonds is 5. The van der Waals surface area contributed by atoms with Gasteiger partial charge in [0.25, 0.3) is 5.91 Å². The summed E-state index contributed by atoms with van der Waals surface area (Å²) in [5.74, 6) is -0.591. The minimum Gasteiger partial charge on any atom is -0.459 e. The first-order valence-corrected chi connectivity index (χ1v) is 7.36. The van der Waals surface area contributed by atoms with Crippen molar-refractivity contribution in [1.82, 2.24) is 10.3 Å². The number of aromatic nitrogens is 1. The smallest absolute Gasteiger partial charge is 0.287 e. The lowest BCUT2D eigenvalue weighted by atomic mass is 10.0. The molecule has 2 rings (SSSR count). The maximum atomic E-state index is 12.3. The summed E-state index contributed by atoms with van der Waals surface area (Å²) in [4.78, 5) is 29.3. The van der Waals surface area contributed by atoms with Crippen LogP contribution in [0.25, 0.3) is 0 Å². The molecule has 0 spiro atoms. The van der Waals surface area contributed by atoms with E-state index in [-0.39, 0.29) is 17.6 Å². The fourth-order valence-corrected chi connectivity index (χ4v) is 2.42. The zero-order valence-electron chi connectivity index (χ0n) is 12.0. The average molecular weight is 307 g/mol. The van der Waals surface area contributed by atoms with Crippen LogP contribution >= 0.6 is 11.3 Å². The summed E-state index contributed by atoms with van der Waals surface area (Å²) in [5, 5.41) is 5.92. The van der Waals surface area contributed by atoms with E-state index in [2.05, 4.69) is 15.6 Å². The minimum atomic E-state index is -0.660. The monoisotopic (exact) mass is 307 g/mol. The molecule has 0 bridgehead atoms. The number of thiazole rings is 1. The Bertz CT molecular complexity index is 619. The third-order valence-corrected chi connectivity index (χ3v) is 3.66. The largest absolute Gasteiger partial charge is 0.459 e. The standard InChI is InChI=1S/C14H17N3O3S/c1-8(2)11(16-12(18)10-5-4-6-20-10)13(19)17-14-15-7-9(3)21-14/h4-8,11H,1-3H3,(H,16,18)(H,15,17,19)/t11-/m0/s1. The predicted octanol–water partition coefficient (Wildman–Crippen LogP) is 2.44. The van der Waals surface area contributed by atoms with E-state index in [9.17, 15) is 9.59 Å².